The van der Waals surface area contributed by atoms with E-state index in [1.807, 2.05) is 69.2 Å². The molecular weight excluding hydrogens is 665 g/mol. The van der Waals surface area contributed by atoms with Gasteiger partial charge in [-0.2, -0.15) is 0 Å². The monoisotopic (exact) mass is 753 g/mol. The second-order valence-corrected chi connectivity index (χ2v) is 13.0. The standard InChI is InChI=1S/2C12H17N3.2C7H15N.4C2H6/c2*1-4-8-15(3)12-10-6-5-7-11(10)13-9(2)14-12;2*1-2-8-6-4-3-5-7-8;4*1-2/h5,7H,4,6,8H2,1-3H3;5-6H,4,7-8H2,1-3H3;2*2-7H2,1H3;4*1-2H3. The lowest BCUT2D eigenvalue weighted by Gasteiger charge is -2.24. The van der Waals surface area contributed by atoms with Crippen LogP contribution in [0.2, 0.25) is 0 Å². The molecule has 8 nitrogen and oxygen atoms in total. The molecule has 8 heteroatoms. The first-order valence-electron chi connectivity index (χ1n) is 22.3. The van der Waals surface area contributed by atoms with Crippen LogP contribution < -0.4 is 9.80 Å². The Morgan fingerprint density at radius 1 is 0.537 bits per heavy atom. The van der Waals surface area contributed by atoms with E-state index in [4.69, 9.17) is 0 Å². The van der Waals surface area contributed by atoms with Crippen LogP contribution >= 0.6 is 0 Å². The van der Waals surface area contributed by atoms with E-state index in [-0.39, 0.29) is 0 Å². The number of anilines is 2. The maximum absolute atomic E-state index is 4.54. The van der Waals surface area contributed by atoms with Crippen LogP contribution in [0.1, 0.15) is 169 Å². The van der Waals surface area contributed by atoms with E-state index in [1.54, 1.807) is 0 Å². The summed E-state index contributed by atoms with van der Waals surface area (Å²) in [7, 11) is 4.20. The lowest BCUT2D eigenvalue weighted by molar-refractivity contribution is 0.240. The molecule has 0 N–H and O–H groups in total. The molecule has 0 unspecified atom stereocenters. The fourth-order valence-electron chi connectivity index (χ4n) is 6.50. The molecule has 0 radical (unpaired) electrons. The number of aromatic nitrogens is 4. The molecule has 0 amide bonds. The Balaban J connectivity index is 0. The predicted molar refractivity (Wildman–Crippen MR) is 243 cm³/mol. The quantitative estimate of drug-likeness (QED) is 0.264. The summed E-state index contributed by atoms with van der Waals surface area (Å²) in [4.78, 5) is 27.4. The van der Waals surface area contributed by atoms with Crippen molar-refractivity contribution in [3.8, 4) is 0 Å². The Hall–Kier alpha value is -2.84. The minimum absolute atomic E-state index is 0.859. The number of likely N-dealkylation sites (tertiary alicyclic amines) is 2. The number of allylic oxidation sites excluding steroid dienone is 2. The zero-order chi connectivity index (χ0) is 41.3. The molecule has 2 saturated heterocycles. The van der Waals surface area contributed by atoms with E-state index < -0.39 is 0 Å². The minimum atomic E-state index is 0.859. The van der Waals surface area contributed by atoms with Crippen LogP contribution in [0, 0.1) is 13.8 Å². The van der Waals surface area contributed by atoms with Gasteiger partial charge in [0.25, 0.3) is 0 Å². The first-order chi connectivity index (χ1) is 26.3. The van der Waals surface area contributed by atoms with Crippen LogP contribution in [0.25, 0.3) is 12.2 Å². The highest BCUT2D eigenvalue weighted by Gasteiger charge is 2.17. The summed E-state index contributed by atoms with van der Waals surface area (Å²) in [5.74, 6) is 3.91. The largest absolute Gasteiger partial charge is 0.359 e. The van der Waals surface area contributed by atoms with Crippen molar-refractivity contribution in [2.75, 3.05) is 76.3 Å². The van der Waals surface area contributed by atoms with Crippen LogP contribution in [-0.4, -0.2) is 96.2 Å². The zero-order valence-corrected chi connectivity index (χ0v) is 38.6. The van der Waals surface area contributed by atoms with Crippen molar-refractivity contribution in [2.45, 2.75) is 161 Å². The van der Waals surface area contributed by atoms with Gasteiger partial charge in [0.15, 0.2) is 0 Å². The first-order valence-corrected chi connectivity index (χ1v) is 22.3. The van der Waals surface area contributed by atoms with Crippen LogP contribution in [0.15, 0.2) is 12.2 Å². The van der Waals surface area contributed by atoms with Crippen molar-refractivity contribution in [1.82, 2.24) is 29.7 Å². The lowest BCUT2D eigenvalue weighted by atomic mass is 10.1. The highest BCUT2D eigenvalue weighted by Crippen LogP contribution is 2.27. The molecule has 4 heterocycles. The van der Waals surface area contributed by atoms with Crippen LogP contribution in [0.4, 0.5) is 11.6 Å². The van der Waals surface area contributed by atoms with Gasteiger partial charge in [-0.25, -0.2) is 19.9 Å². The van der Waals surface area contributed by atoms with Gasteiger partial charge < -0.3 is 19.6 Å². The molecular formula is C46H88N8. The zero-order valence-electron chi connectivity index (χ0n) is 38.6. The molecule has 2 aliphatic carbocycles. The second kappa shape index (κ2) is 34.6. The maximum Gasteiger partial charge on any atom is 0.139 e. The van der Waals surface area contributed by atoms with Crippen LogP contribution in [0.5, 0.6) is 0 Å². The average molecular weight is 753 g/mol. The van der Waals surface area contributed by atoms with Gasteiger partial charge >= 0.3 is 0 Å². The SMILES string of the molecule is CC.CC.CC.CC.CCCN(C)c1nc(C)nc2c1C=CC2.CCCN(C)c1nc(C)nc2c1CC=C2.CCN1CCCCC1.CCN1CCCCC1. The number of fused-ring (bicyclic) bond motifs is 2. The van der Waals surface area contributed by atoms with E-state index >= 15 is 0 Å². The van der Waals surface area contributed by atoms with Crippen LogP contribution in [0.3, 0.4) is 0 Å². The first kappa shape index (κ1) is 53.3. The molecule has 0 spiro atoms. The van der Waals surface area contributed by atoms with E-state index in [9.17, 15) is 0 Å². The molecule has 312 valence electrons. The number of hydrogen-bond donors (Lipinski definition) is 0. The summed E-state index contributed by atoms with van der Waals surface area (Å²) in [6.45, 7) is 38.7. The van der Waals surface area contributed by atoms with Gasteiger partial charge in [0, 0.05) is 44.7 Å². The van der Waals surface area contributed by atoms with Crippen molar-refractivity contribution in [3.63, 3.8) is 0 Å². The molecule has 2 aromatic rings. The number of piperidine rings is 2. The Bertz CT molecular complexity index is 1210. The Morgan fingerprint density at radius 2 is 0.963 bits per heavy atom. The van der Waals surface area contributed by atoms with Crippen LogP contribution in [-0.2, 0) is 12.8 Å². The number of rotatable bonds is 8. The summed E-state index contributed by atoms with van der Waals surface area (Å²) in [5, 5.41) is 0. The van der Waals surface area contributed by atoms with Crippen molar-refractivity contribution >= 4 is 23.8 Å². The molecule has 0 aromatic carbocycles. The molecule has 0 bridgehead atoms. The average Bonchev–Trinajstić information content (AvgIpc) is 3.92. The van der Waals surface area contributed by atoms with Crippen molar-refractivity contribution in [1.29, 1.82) is 0 Å². The third-order valence-electron chi connectivity index (χ3n) is 9.07. The smallest absolute Gasteiger partial charge is 0.139 e. The molecule has 0 atom stereocenters. The van der Waals surface area contributed by atoms with Gasteiger partial charge in [-0.15, -0.1) is 0 Å². The number of nitrogens with zero attached hydrogens (tertiary/aromatic N) is 8. The third kappa shape index (κ3) is 20.2. The summed E-state index contributed by atoms with van der Waals surface area (Å²) < 4.78 is 0. The van der Waals surface area contributed by atoms with Gasteiger partial charge in [0.1, 0.15) is 23.3 Å². The third-order valence-corrected chi connectivity index (χ3v) is 9.07. The summed E-state index contributed by atoms with van der Waals surface area (Å²) in [5.41, 5.74) is 4.74. The number of aryl methyl sites for hydroxylation is 2. The molecule has 0 saturated carbocycles. The van der Waals surface area contributed by atoms with Gasteiger partial charge in [0.05, 0.1) is 11.4 Å². The van der Waals surface area contributed by atoms with Gasteiger partial charge in [-0.1, -0.05) is 114 Å². The van der Waals surface area contributed by atoms with Crippen molar-refractivity contribution in [3.05, 3.63) is 46.3 Å². The Kier molecular flexibility index (Phi) is 34.2. The summed E-state index contributed by atoms with van der Waals surface area (Å²) >= 11 is 0. The topological polar surface area (TPSA) is 64.5 Å². The van der Waals surface area contributed by atoms with E-state index in [1.165, 1.54) is 94.6 Å². The Labute approximate surface area is 336 Å². The predicted octanol–water partition coefficient (Wildman–Crippen LogP) is 11.5. The van der Waals surface area contributed by atoms with Gasteiger partial charge in [-0.3, -0.25) is 0 Å². The molecule has 54 heavy (non-hydrogen) atoms. The summed E-state index contributed by atoms with van der Waals surface area (Å²) in [6, 6.07) is 0. The van der Waals surface area contributed by atoms with E-state index in [0.29, 0.717) is 0 Å². The molecule has 2 fully saturated rings. The second-order valence-electron chi connectivity index (χ2n) is 13.0. The molecule has 6 rings (SSSR count). The van der Waals surface area contributed by atoms with Gasteiger partial charge in [-0.05, 0) is 104 Å². The molecule has 2 aliphatic heterocycles. The minimum Gasteiger partial charge on any atom is -0.359 e. The lowest BCUT2D eigenvalue weighted by Crippen LogP contribution is -2.29. The molecule has 4 aliphatic rings. The highest BCUT2D eigenvalue weighted by molar-refractivity contribution is 5.69. The molecule has 2 aromatic heterocycles. The maximum atomic E-state index is 4.54. The fraction of sp³-hybridized carbons (Fsp3) is 0.739. The summed E-state index contributed by atoms with van der Waals surface area (Å²) in [6.07, 6.45) is 21.3. The number of hydrogen-bond acceptors (Lipinski definition) is 8. The van der Waals surface area contributed by atoms with Crippen molar-refractivity contribution < 1.29 is 0 Å². The fourth-order valence-corrected chi connectivity index (χ4v) is 6.50. The van der Waals surface area contributed by atoms with Gasteiger partial charge in [0.2, 0.25) is 0 Å². The van der Waals surface area contributed by atoms with E-state index in [2.05, 4.69) is 106 Å². The van der Waals surface area contributed by atoms with E-state index in [0.717, 1.165) is 67.8 Å². The highest BCUT2D eigenvalue weighted by atomic mass is 15.2. The normalized spacial score (nSPS) is 14.7. The Morgan fingerprint density at radius 3 is 1.41 bits per heavy atom. The van der Waals surface area contributed by atoms with Crippen molar-refractivity contribution in [2.24, 2.45) is 0 Å².